The van der Waals surface area contributed by atoms with Gasteiger partial charge in [-0.05, 0) is 47.2 Å². The molecular weight excluding hydrogens is 420 g/mol. The molecule has 1 aromatic heterocycles. The molecule has 3 aromatic rings. The number of thiazole rings is 1. The van der Waals surface area contributed by atoms with E-state index in [4.69, 9.17) is 9.47 Å². The van der Waals surface area contributed by atoms with Crippen LogP contribution in [0, 0.1) is 0 Å². The van der Waals surface area contributed by atoms with Crippen LogP contribution in [0.3, 0.4) is 0 Å². The normalized spacial score (nSPS) is 16.7. The highest BCUT2D eigenvalue weighted by Crippen LogP contribution is 2.42. The van der Waals surface area contributed by atoms with Crippen LogP contribution in [-0.2, 0) is 29.8 Å². The summed E-state index contributed by atoms with van der Waals surface area (Å²) in [6, 6.07) is 14.7. The number of rotatable bonds is 7. The average Bonchev–Trinajstić information content (AvgIpc) is 3.58. The van der Waals surface area contributed by atoms with E-state index in [1.165, 1.54) is 40.9 Å². The van der Waals surface area contributed by atoms with Gasteiger partial charge in [-0.2, -0.15) is 0 Å². The molecule has 32 heavy (non-hydrogen) atoms. The summed E-state index contributed by atoms with van der Waals surface area (Å²) < 4.78 is 10.8. The van der Waals surface area contributed by atoms with E-state index in [0.717, 1.165) is 29.2 Å². The molecule has 1 saturated carbocycles. The Kier molecular flexibility index (Phi) is 5.98. The highest BCUT2D eigenvalue weighted by Gasteiger charge is 2.36. The summed E-state index contributed by atoms with van der Waals surface area (Å²) in [7, 11) is 1.66. The van der Waals surface area contributed by atoms with Gasteiger partial charge in [0.05, 0.1) is 25.3 Å². The van der Waals surface area contributed by atoms with Gasteiger partial charge in [0.25, 0.3) is 5.91 Å². The Labute approximate surface area is 192 Å². The van der Waals surface area contributed by atoms with Gasteiger partial charge in [-0.3, -0.25) is 4.79 Å². The van der Waals surface area contributed by atoms with Crippen LogP contribution in [0.1, 0.15) is 63.4 Å². The van der Waals surface area contributed by atoms with Crippen molar-refractivity contribution in [3.05, 3.63) is 80.8 Å². The summed E-state index contributed by atoms with van der Waals surface area (Å²) >= 11 is 1.53. The smallest absolute Gasteiger partial charge is 0.270 e. The van der Waals surface area contributed by atoms with Gasteiger partial charge in [0.15, 0.2) is 0 Å². The van der Waals surface area contributed by atoms with Gasteiger partial charge in [0.2, 0.25) is 0 Å². The molecule has 2 aromatic carbocycles. The number of hydrogen-bond donors (Lipinski definition) is 1. The van der Waals surface area contributed by atoms with Crippen molar-refractivity contribution in [2.45, 2.75) is 50.7 Å². The molecule has 5 nitrogen and oxygen atoms in total. The third-order valence-electron chi connectivity index (χ3n) is 6.78. The third kappa shape index (κ3) is 4.30. The van der Waals surface area contributed by atoms with Gasteiger partial charge < -0.3 is 14.8 Å². The molecule has 0 saturated heterocycles. The van der Waals surface area contributed by atoms with Crippen molar-refractivity contribution in [2.75, 3.05) is 13.7 Å². The van der Waals surface area contributed by atoms with Crippen LogP contribution < -0.4 is 10.1 Å². The molecule has 2 aliphatic rings. The molecular formula is C26H28N2O3S. The van der Waals surface area contributed by atoms with Crippen molar-refractivity contribution in [2.24, 2.45) is 0 Å². The summed E-state index contributed by atoms with van der Waals surface area (Å²) in [5, 5.41) is 6.00. The second-order valence-corrected chi connectivity index (χ2v) is 9.74. The molecule has 1 aliphatic carbocycles. The number of amides is 1. The predicted octanol–water partition coefficient (Wildman–Crippen LogP) is 5.01. The summed E-state index contributed by atoms with van der Waals surface area (Å²) in [6.45, 7) is 2.06. The molecule has 1 aliphatic heterocycles. The molecule has 5 rings (SSSR count). The van der Waals surface area contributed by atoms with Crippen molar-refractivity contribution in [1.82, 2.24) is 10.3 Å². The number of nitrogens with zero attached hydrogens (tertiary/aromatic N) is 1. The maximum absolute atomic E-state index is 12.9. The first kappa shape index (κ1) is 21.2. The topological polar surface area (TPSA) is 60.5 Å². The standard InChI is InChI=1S/C26H28N2O3S/c1-30-22-8-4-18(5-9-22)12-24-28-23(16-32-24)25(29)27-17-26(10-2-3-11-26)21-7-6-19-14-31-15-20(19)13-21/h4-9,13,16H,2-3,10-12,14-15,17H2,1H3,(H,27,29). The predicted molar refractivity (Wildman–Crippen MR) is 125 cm³/mol. The molecule has 1 N–H and O–H groups in total. The second kappa shape index (κ2) is 9.04. The molecule has 166 valence electrons. The molecule has 0 unspecified atom stereocenters. The van der Waals surface area contributed by atoms with E-state index >= 15 is 0 Å². The Morgan fingerprint density at radius 2 is 1.91 bits per heavy atom. The second-order valence-electron chi connectivity index (χ2n) is 8.80. The van der Waals surface area contributed by atoms with E-state index in [-0.39, 0.29) is 11.3 Å². The molecule has 0 atom stereocenters. The molecule has 1 fully saturated rings. The zero-order valence-electron chi connectivity index (χ0n) is 18.4. The van der Waals surface area contributed by atoms with Crippen LogP contribution in [0.25, 0.3) is 0 Å². The Balaban J connectivity index is 1.25. The number of fused-ring (bicyclic) bond motifs is 1. The van der Waals surface area contributed by atoms with E-state index < -0.39 is 0 Å². The summed E-state index contributed by atoms with van der Waals surface area (Å²) in [5.74, 6) is 0.752. The van der Waals surface area contributed by atoms with E-state index in [1.807, 2.05) is 29.6 Å². The summed E-state index contributed by atoms with van der Waals surface area (Å²) in [6.07, 6.45) is 5.32. The van der Waals surface area contributed by atoms with Crippen molar-refractivity contribution < 1.29 is 14.3 Å². The lowest BCUT2D eigenvalue weighted by molar-refractivity contribution is 0.0938. The highest BCUT2D eigenvalue weighted by molar-refractivity contribution is 7.09. The summed E-state index contributed by atoms with van der Waals surface area (Å²) in [4.78, 5) is 17.5. The minimum atomic E-state index is -0.0852. The monoisotopic (exact) mass is 448 g/mol. The van der Waals surface area contributed by atoms with Gasteiger partial charge in [0.1, 0.15) is 11.4 Å². The highest BCUT2D eigenvalue weighted by atomic mass is 32.1. The lowest BCUT2D eigenvalue weighted by atomic mass is 9.78. The molecule has 0 radical (unpaired) electrons. The number of carbonyl (C=O) groups excluding carboxylic acids is 1. The molecule has 0 bridgehead atoms. The van der Waals surface area contributed by atoms with Gasteiger partial charge in [-0.15, -0.1) is 11.3 Å². The zero-order valence-corrected chi connectivity index (χ0v) is 19.2. The van der Waals surface area contributed by atoms with Gasteiger partial charge in [-0.1, -0.05) is 43.2 Å². The van der Waals surface area contributed by atoms with Gasteiger partial charge in [-0.25, -0.2) is 4.98 Å². The number of nitrogens with one attached hydrogen (secondary N) is 1. The fourth-order valence-corrected chi connectivity index (χ4v) is 5.68. The van der Waals surface area contributed by atoms with Crippen LogP contribution in [0.5, 0.6) is 5.75 Å². The van der Waals surface area contributed by atoms with E-state index in [9.17, 15) is 4.79 Å². The van der Waals surface area contributed by atoms with Crippen LogP contribution in [0.2, 0.25) is 0 Å². The SMILES string of the molecule is COc1ccc(Cc2nc(C(=O)NCC3(c4ccc5c(c4)COC5)CCCC3)cs2)cc1. The number of aromatic nitrogens is 1. The Morgan fingerprint density at radius 3 is 2.69 bits per heavy atom. The molecule has 1 amide bonds. The fraction of sp³-hybridized carbons (Fsp3) is 0.385. The lowest BCUT2D eigenvalue weighted by Crippen LogP contribution is -2.39. The maximum atomic E-state index is 12.9. The largest absolute Gasteiger partial charge is 0.497 e. The first-order valence-corrected chi connectivity index (χ1v) is 12.1. The van der Waals surface area contributed by atoms with Crippen molar-refractivity contribution in [3.63, 3.8) is 0 Å². The number of benzene rings is 2. The maximum Gasteiger partial charge on any atom is 0.270 e. The fourth-order valence-electron chi connectivity index (χ4n) is 4.88. The van der Waals surface area contributed by atoms with E-state index in [1.54, 1.807) is 7.11 Å². The van der Waals surface area contributed by atoms with Gasteiger partial charge >= 0.3 is 0 Å². The van der Waals surface area contributed by atoms with Crippen LogP contribution in [0.4, 0.5) is 0 Å². The first-order chi connectivity index (χ1) is 15.6. The van der Waals surface area contributed by atoms with Gasteiger partial charge in [0, 0.05) is 23.8 Å². The molecule has 0 spiro atoms. The average molecular weight is 449 g/mol. The lowest BCUT2D eigenvalue weighted by Gasteiger charge is -2.30. The Bertz CT molecular complexity index is 1100. The van der Waals surface area contributed by atoms with Crippen LogP contribution in [-0.4, -0.2) is 24.5 Å². The first-order valence-electron chi connectivity index (χ1n) is 11.2. The number of hydrogen-bond acceptors (Lipinski definition) is 5. The number of methoxy groups -OCH3 is 1. The van der Waals surface area contributed by atoms with Crippen molar-refractivity contribution in [1.29, 1.82) is 0 Å². The number of ether oxygens (including phenoxy) is 2. The van der Waals surface area contributed by atoms with E-state index in [0.29, 0.717) is 31.9 Å². The van der Waals surface area contributed by atoms with Crippen LogP contribution >= 0.6 is 11.3 Å². The Morgan fingerprint density at radius 1 is 1.12 bits per heavy atom. The number of carbonyl (C=O) groups is 1. The van der Waals surface area contributed by atoms with Crippen molar-refractivity contribution in [3.8, 4) is 5.75 Å². The molecule has 2 heterocycles. The van der Waals surface area contributed by atoms with Crippen LogP contribution in [0.15, 0.2) is 47.8 Å². The third-order valence-corrected chi connectivity index (χ3v) is 7.63. The minimum Gasteiger partial charge on any atom is -0.497 e. The minimum absolute atomic E-state index is 0.00915. The Hall–Kier alpha value is -2.70. The molecule has 6 heteroatoms. The summed E-state index contributed by atoms with van der Waals surface area (Å²) in [5.41, 5.74) is 5.58. The zero-order chi connectivity index (χ0) is 22.0. The quantitative estimate of drug-likeness (QED) is 0.552. The van der Waals surface area contributed by atoms with Crippen molar-refractivity contribution >= 4 is 17.2 Å². The van der Waals surface area contributed by atoms with E-state index in [2.05, 4.69) is 28.5 Å².